The summed E-state index contributed by atoms with van der Waals surface area (Å²) in [6.07, 6.45) is 60.8. The smallest absolute Gasteiger partial charge is 0.462 e. The van der Waals surface area contributed by atoms with Gasteiger partial charge >= 0.3 is 39.5 Å². The summed E-state index contributed by atoms with van der Waals surface area (Å²) in [5.74, 6) is -0.510. The van der Waals surface area contributed by atoms with Crippen molar-refractivity contribution in [1.29, 1.82) is 0 Å². The maximum Gasteiger partial charge on any atom is 0.472 e. The highest BCUT2D eigenvalue weighted by atomic mass is 31.2. The Labute approximate surface area is 607 Å². The minimum Gasteiger partial charge on any atom is -0.462 e. The third-order valence-electron chi connectivity index (χ3n) is 19.1. The molecule has 17 nitrogen and oxygen atoms in total. The largest absolute Gasteiger partial charge is 0.472 e. The van der Waals surface area contributed by atoms with Crippen LogP contribution in [0.5, 0.6) is 0 Å². The van der Waals surface area contributed by atoms with Crippen molar-refractivity contribution in [3.63, 3.8) is 0 Å². The maximum absolute atomic E-state index is 13.1. The summed E-state index contributed by atoms with van der Waals surface area (Å²) in [5.41, 5.74) is 0. The Morgan fingerprint density at radius 2 is 0.515 bits per heavy atom. The molecule has 19 heteroatoms. The van der Waals surface area contributed by atoms with Gasteiger partial charge in [0.25, 0.3) is 0 Å². The lowest BCUT2D eigenvalue weighted by Gasteiger charge is -2.21. The molecular formula is C80H156O17P2. The highest BCUT2D eigenvalue weighted by Crippen LogP contribution is 2.45. The number of ether oxygens (including phenoxy) is 4. The van der Waals surface area contributed by atoms with Crippen LogP contribution in [0.25, 0.3) is 0 Å². The molecule has 0 bridgehead atoms. The van der Waals surface area contributed by atoms with Gasteiger partial charge in [-0.15, -0.1) is 0 Å². The molecule has 99 heavy (non-hydrogen) atoms. The Kier molecular flexibility index (Phi) is 70.3. The topological polar surface area (TPSA) is 237 Å². The van der Waals surface area contributed by atoms with Gasteiger partial charge in [0.15, 0.2) is 12.2 Å². The molecule has 0 aliphatic carbocycles. The van der Waals surface area contributed by atoms with Crippen molar-refractivity contribution in [3.05, 3.63) is 0 Å². The van der Waals surface area contributed by atoms with E-state index in [0.717, 1.165) is 102 Å². The third-order valence-corrected chi connectivity index (χ3v) is 21.0. The van der Waals surface area contributed by atoms with E-state index in [9.17, 15) is 43.2 Å². The highest BCUT2D eigenvalue weighted by molar-refractivity contribution is 7.47. The van der Waals surface area contributed by atoms with E-state index in [1.165, 1.54) is 238 Å². The summed E-state index contributed by atoms with van der Waals surface area (Å²) >= 11 is 0. The number of hydrogen-bond donors (Lipinski definition) is 3. The standard InChI is InChI=1S/C80H156O17P2/c1-7-10-12-14-16-18-20-21-22-23-24-28-32-39-45-51-57-63-78(83)91-69-75(96-79(84)64-58-52-46-40-33-29-26-25-27-31-36-42-48-54-60-72(4)5)70-94-98(86,87)92-66-74(81)67-93-99(88,89)95-71-76(68-90-77(82)62-56-50-44-38-30-19-17-15-13-11-8-2)97-80(85)65-59-53-47-41-35-34-37-43-49-55-61-73(6)9-3/h72-76,81H,7-71H2,1-6H3,(H,86,87)(H,88,89)/t73?,74-,75-,76-/m1/s1. The second-order valence-electron chi connectivity index (χ2n) is 29.5. The molecular weight excluding hydrogens is 1290 g/mol. The van der Waals surface area contributed by atoms with Crippen LogP contribution in [0, 0.1) is 11.8 Å². The normalized spacial score (nSPS) is 14.2. The Balaban J connectivity index is 5.26. The van der Waals surface area contributed by atoms with Crippen molar-refractivity contribution in [2.45, 2.75) is 439 Å². The fourth-order valence-electron chi connectivity index (χ4n) is 12.3. The molecule has 0 spiro atoms. The summed E-state index contributed by atoms with van der Waals surface area (Å²) < 4.78 is 68.7. The molecule has 0 aliphatic rings. The summed E-state index contributed by atoms with van der Waals surface area (Å²) in [5, 5.41) is 10.6. The van der Waals surface area contributed by atoms with Crippen LogP contribution in [-0.2, 0) is 65.4 Å². The number of rotatable bonds is 79. The molecule has 0 rings (SSSR count). The lowest BCUT2D eigenvalue weighted by molar-refractivity contribution is -0.161. The summed E-state index contributed by atoms with van der Waals surface area (Å²) in [4.78, 5) is 73.0. The molecule has 0 heterocycles. The van der Waals surface area contributed by atoms with E-state index >= 15 is 0 Å². The molecule has 588 valence electrons. The molecule has 0 amide bonds. The van der Waals surface area contributed by atoms with E-state index < -0.39 is 97.5 Å². The molecule has 3 unspecified atom stereocenters. The average molecular weight is 1450 g/mol. The van der Waals surface area contributed by atoms with E-state index in [4.69, 9.17) is 37.0 Å². The number of hydrogen-bond acceptors (Lipinski definition) is 15. The van der Waals surface area contributed by atoms with Gasteiger partial charge in [0.2, 0.25) is 0 Å². The predicted octanol–water partition coefficient (Wildman–Crippen LogP) is 23.9. The quantitative estimate of drug-likeness (QED) is 0.0222. The van der Waals surface area contributed by atoms with Gasteiger partial charge in [0.1, 0.15) is 19.3 Å². The Hall–Kier alpha value is -1.94. The van der Waals surface area contributed by atoms with E-state index in [1.54, 1.807) is 0 Å². The van der Waals surface area contributed by atoms with Gasteiger partial charge in [-0.25, -0.2) is 9.13 Å². The SMILES string of the molecule is CCCCCCCCCCCCCCCCCCCC(=O)OC[C@H](COP(=O)(O)OC[C@@H](O)COP(=O)(O)OC[C@@H](COC(=O)CCCCCCCCCCCCC)OC(=O)CCCCCCCCCCCCC(C)CC)OC(=O)CCCCCCCCCCCCCCCCC(C)C. The maximum atomic E-state index is 13.1. The number of carbonyl (C=O) groups excluding carboxylic acids is 4. The van der Waals surface area contributed by atoms with Gasteiger partial charge in [-0.2, -0.15) is 0 Å². The number of carbonyl (C=O) groups is 4. The summed E-state index contributed by atoms with van der Waals surface area (Å²) in [6.45, 7) is 9.68. The van der Waals surface area contributed by atoms with Crippen LogP contribution < -0.4 is 0 Å². The van der Waals surface area contributed by atoms with Crippen LogP contribution >= 0.6 is 15.6 Å². The summed E-state index contributed by atoms with van der Waals surface area (Å²) in [7, 11) is -9.92. The lowest BCUT2D eigenvalue weighted by atomic mass is 9.99. The van der Waals surface area contributed by atoms with Gasteiger partial charge < -0.3 is 33.8 Å². The van der Waals surface area contributed by atoms with Gasteiger partial charge in [0, 0.05) is 25.7 Å². The van der Waals surface area contributed by atoms with Gasteiger partial charge in [-0.05, 0) is 37.5 Å². The van der Waals surface area contributed by atoms with E-state index in [1.807, 2.05) is 0 Å². The van der Waals surface area contributed by atoms with Crippen molar-refractivity contribution >= 4 is 39.5 Å². The van der Waals surface area contributed by atoms with Crippen molar-refractivity contribution in [2.75, 3.05) is 39.6 Å². The number of phosphoric ester groups is 2. The second kappa shape index (κ2) is 71.7. The lowest BCUT2D eigenvalue weighted by Crippen LogP contribution is -2.30. The molecule has 0 saturated heterocycles. The molecule has 0 saturated carbocycles. The van der Waals surface area contributed by atoms with Crippen molar-refractivity contribution in [1.82, 2.24) is 0 Å². The molecule has 0 aromatic carbocycles. The number of phosphoric acid groups is 2. The fourth-order valence-corrected chi connectivity index (χ4v) is 13.9. The van der Waals surface area contributed by atoms with E-state index in [2.05, 4.69) is 41.5 Å². The van der Waals surface area contributed by atoms with Crippen molar-refractivity contribution < 1.29 is 80.2 Å². The van der Waals surface area contributed by atoms with Crippen LogP contribution in [0.1, 0.15) is 420 Å². The first kappa shape index (κ1) is 97.1. The summed E-state index contributed by atoms with van der Waals surface area (Å²) in [6, 6.07) is 0. The minimum absolute atomic E-state index is 0.107. The molecule has 0 aromatic rings. The van der Waals surface area contributed by atoms with Gasteiger partial charge in [-0.3, -0.25) is 37.3 Å². The first-order chi connectivity index (χ1) is 47.9. The Bertz CT molecular complexity index is 1910. The zero-order valence-corrected chi connectivity index (χ0v) is 66.6. The monoisotopic (exact) mass is 1450 g/mol. The van der Waals surface area contributed by atoms with Crippen LogP contribution in [-0.4, -0.2) is 96.7 Å². The Morgan fingerprint density at radius 3 is 0.768 bits per heavy atom. The predicted molar refractivity (Wildman–Crippen MR) is 405 cm³/mol. The molecule has 0 fully saturated rings. The Morgan fingerprint density at radius 1 is 0.293 bits per heavy atom. The first-order valence-electron chi connectivity index (χ1n) is 41.5. The van der Waals surface area contributed by atoms with Gasteiger partial charge in [-0.1, -0.05) is 369 Å². The van der Waals surface area contributed by atoms with Crippen LogP contribution in [0.15, 0.2) is 0 Å². The van der Waals surface area contributed by atoms with E-state index in [-0.39, 0.29) is 25.7 Å². The minimum atomic E-state index is -4.96. The van der Waals surface area contributed by atoms with Crippen LogP contribution in [0.2, 0.25) is 0 Å². The second-order valence-corrected chi connectivity index (χ2v) is 32.4. The molecule has 0 radical (unpaired) electrons. The zero-order valence-electron chi connectivity index (χ0n) is 64.8. The van der Waals surface area contributed by atoms with Crippen molar-refractivity contribution in [2.24, 2.45) is 11.8 Å². The number of esters is 4. The first-order valence-corrected chi connectivity index (χ1v) is 44.5. The van der Waals surface area contributed by atoms with E-state index in [0.29, 0.717) is 25.7 Å². The highest BCUT2D eigenvalue weighted by Gasteiger charge is 2.30. The average Bonchev–Trinajstić information content (AvgIpc) is 2.24. The number of aliphatic hydroxyl groups is 1. The third kappa shape index (κ3) is 72.8. The van der Waals surface area contributed by atoms with Crippen molar-refractivity contribution in [3.8, 4) is 0 Å². The van der Waals surface area contributed by atoms with Crippen LogP contribution in [0.3, 0.4) is 0 Å². The zero-order chi connectivity index (χ0) is 72.8. The molecule has 3 N–H and O–H groups in total. The number of aliphatic hydroxyl groups excluding tert-OH is 1. The molecule has 6 atom stereocenters. The van der Waals surface area contributed by atoms with Crippen LogP contribution in [0.4, 0.5) is 0 Å². The molecule has 0 aromatic heterocycles. The molecule has 0 aliphatic heterocycles. The number of unbranched alkanes of at least 4 members (excludes halogenated alkanes) is 48. The van der Waals surface area contributed by atoms with Gasteiger partial charge in [0.05, 0.1) is 26.4 Å². The fraction of sp³-hybridized carbons (Fsp3) is 0.950.